The SMILES string of the molecule is Nc1cn(N)c2ccoc12. The van der Waals surface area contributed by atoms with Gasteiger partial charge in [-0.2, -0.15) is 0 Å². The van der Waals surface area contributed by atoms with Gasteiger partial charge in [-0.1, -0.05) is 0 Å². The Morgan fingerprint density at radius 1 is 1.50 bits per heavy atom. The smallest absolute Gasteiger partial charge is 0.176 e. The van der Waals surface area contributed by atoms with Gasteiger partial charge in [-0.15, -0.1) is 0 Å². The second-order valence-electron chi connectivity index (χ2n) is 2.13. The van der Waals surface area contributed by atoms with Crippen molar-refractivity contribution < 1.29 is 4.42 Å². The Morgan fingerprint density at radius 3 is 3.00 bits per heavy atom. The van der Waals surface area contributed by atoms with E-state index in [1.165, 1.54) is 4.68 Å². The van der Waals surface area contributed by atoms with Gasteiger partial charge in [0.1, 0.15) is 5.52 Å². The molecule has 0 aliphatic heterocycles. The van der Waals surface area contributed by atoms with Gasteiger partial charge in [-0.05, 0) is 0 Å². The summed E-state index contributed by atoms with van der Waals surface area (Å²) < 4.78 is 6.48. The van der Waals surface area contributed by atoms with E-state index < -0.39 is 0 Å². The topological polar surface area (TPSA) is 70.1 Å². The maximum absolute atomic E-state index is 5.53. The van der Waals surface area contributed by atoms with Crippen LogP contribution in [0.4, 0.5) is 5.69 Å². The first-order chi connectivity index (χ1) is 4.79. The van der Waals surface area contributed by atoms with Crippen LogP contribution < -0.4 is 11.6 Å². The molecule has 0 radical (unpaired) electrons. The molecule has 4 N–H and O–H groups in total. The predicted molar refractivity (Wildman–Crippen MR) is 38.8 cm³/mol. The minimum absolute atomic E-state index is 0.572. The maximum atomic E-state index is 5.53. The van der Waals surface area contributed by atoms with E-state index in [0.29, 0.717) is 11.3 Å². The van der Waals surface area contributed by atoms with Gasteiger partial charge in [-0.25, -0.2) is 0 Å². The summed E-state index contributed by atoms with van der Waals surface area (Å²) in [6, 6.07) is 1.77. The zero-order valence-electron chi connectivity index (χ0n) is 5.24. The zero-order valence-corrected chi connectivity index (χ0v) is 5.24. The molecule has 0 aliphatic rings. The second-order valence-corrected chi connectivity index (χ2v) is 2.13. The Hall–Kier alpha value is -1.58. The number of furan rings is 1. The Balaban J connectivity index is 2.98. The Labute approximate surface area is 57.0 Å². The van der Waals surface area contributed by atoms with Crippen LogP contribution in [0.15, 0.2) is 22.9 Å². The number of fused-ring (bicyclic) bond motifs is 1. The Bertz CT molecular complexity index is 328. The molecule has 0 bridgehead atoms. The van der Waals surface area contributed by atoms with Crippen molar-refractivity contribution in [2.75, 3.05) is 11.6 Å². The van der Waals surface area contributed by atoms with Gasteiger partial charge in [0.05, 0.1) is 18.1 Å². The van der Waals surface area contributed by atoms with Crippen LogP contribution in [-0.4, -0.2) is 4.68 Å². The lowest BCUT2D eigenvalue weighted by molar-refractivity contribution is 0.617. The fourth-order valence-electron chi connectivity index (χ4n) is 1.000. The molecule has 52 valence electrons. The first-order valence-corrected chi connectivity index (χ1v) is 2.88. The van der Waals surface area contributed by atoms with E-state index in [2.05, 4.69) is 0 Å². The average molecular weight is 137 g/mol. The van der Waals surface area contributed by atoms with Gasteiger partial charge in [0.25, 0.3) is 0 Å². The standard InChI is InChI=1S/C6H7N3O/c7-4-3-9(8)5-1-2-10-6(4)5/h1-3H,7-8H2. The van der Waals surface area contributed by atoms with Gasteiger partial charge in [0.15, 0.2) is 5.58 Å². The van der Waals surface area contributed by atoms with Crippen molar-refractivity contribution >= 4 is 16.8 Å². The summed E-state index contributed by atoms with van der Waals surface area (Å²) in [5.74, 6) is 5.50. The molecular formula is C6H7N3O. The molecule has 0 fully saturated rings. The number of anilines is 1. The van der Waals surface area contributed by atoms with E-state index in [9.17, 15) is 0 Å². The van der Waals surface area contributed by atoms with Crippen LogP contribution in [0.3, 0.4) is 0 Å². The molecule has 2 heterocycles. The molecule has 0 saturated carbocycles. The number of hydrogen-bond donors (Lipinski definition) is 2. The lowest BCUT2D eigenvalue weighted by Crippen LogP contribution is -2.04. The van der Waals surface area contributed by atoms with Crippen LogP contribution in [0.1, 0.15) is 0 Å². The van der Waals surface area contributed by atoms with Crippen LogP contribution >= 0.6 is 0 Å². The average Bonchev–Trinajstić information content (AvgIpc) is 2.39. The van der Waals surface area contributed by atoms with Crippen LogP contribution in [0.5, 0.6) is 0 Å². The maximum Gasteiger partial charge on any atom is 0.176 e. The van der Waals surface area contributed by atoms with Crippen molar-refractivity contribution in [2.45, 2.75) is 0 Å². The minimum atomic E-state index is 0.572. The third-order valence-electron chi connectivity index (χ3n) is 1.46. The monoisotopic (exact) mass is 137 g/mol. The van der Waals surface area contributed by atoms with Gasteiger partial charge in [-0.3, -0.25) is 4.68 Å². The normalized spacial score (nSPS) is 10.8. The Kier molecular flexibility index (Phi) is 0.768. The van der Waals surface area contributed by atoms with E-state index in [4.69, 9.17) is 16.0 Å². The summed E-state index contributed by atoms with van der Waals surface area (Å²) >= 11 is 0. The lowest BCUT2D eigenvalue weighted by atomic mass is 10.5. The summed E-state index contributed by atoms with van der Waals surface area (Å²) in [7, 11) is 0. The van der Waals surface area contributed by atoms with Gasteiger partial charge < -0.3 is 16.0 Å². The van der Waals surface area contributed by atoms with Gasteiger partial charge in [0.2, 0.25) is 0 Å². The highest BCUT2D eigenvalue weighted by molar-refractivity contribution is 5.86. The van der Waals surface area contributed by atoms with E-state index in [1.54, 1.807) is 18.5 Å². The second kappa shape index (κ2) is 1.47. The molecule has 0 aliphatic carbocycles. The van der Waals surface area contributed by atoms with Crippen LogP contribution in [0.25, 0.3) is 11.1 Å². The molecule has 2 aromatic rings. The molecule has 0 amide bonds. The van der Waals surface area contributed by atoms with Crippen molar-refractivity contribution in [2.24, 2.45) is 0 Å². The molecule has 10 heavy (non-hydrogen) atoms. The third-order valence-corrected chi connectivity index (χ3v) is 1.46. The van der Waals surface area contributed by atoms with E-state index in [0.717, 1.165) is 5.52 Å². The van der Waals surface area contributed by atoms with Gasteiger partial charge in [0, 0.05) is 6.07 Å². The van der Waals surface area contributed by atoms with E-state index >= 15 is 0 Å². The first-order valence-electron chi connectivity index (χ1n) is 2.88. The highest BCUT2D eigenvalue weighted by atomic mass is 16.3. The minimum Gasteiger partial charge on any atom is -0.460 e. The van der Waals surface area contributed by atoms with Crippen molar-refractivity contribution in [1.82, 2.24) is 4.68 Å². The predicted octanol–water partition coefficient (Wildman–Crippen LogP) is 0.530. The van der Waals surface area contributed by atoms with Crippen molar-refractivity contribution in [1.29, 1.82) is 0 Å². The number of nitrogens with zero attached hydrogens (tertiary/aromatic N) is 1. The molecule has 2 aromatic heterocycles. The molecule has 4 heteroatoms. The van der Waals surface area contributed by atoms with E-state index in [-0.39, 0.29) is 0 Å². The van der Waals surface area contributed by atoms with Crippen molar-refractivity contribution in [3.63, 3.8) is 0 Å². The molecule has 0 saturated heterocycles. The number of nitrogens with two attached hydrogens (primary N) is 2. The zero-order chi connectivity index (χ0) is 7.14. The fourth-order valence-corrected chi connectivity index (χ4v) is 1.000. The number of nitrogen functional groups attached to an aromatic ring is 2. The molecule has 0 spiro atoms. The number of hydrogen-bond acceptors (Lipinski definition) is 3. The summed E-state index contributed by atoms with van der Waals surface area (Å²) in [4.78, 5) is 0. The molecule has 4 nitrogen and oxygen atoms in total. The summed E-state index contributed by atoms with van der Waals surface area (Å²) in [5.41, 5.74) is 7.57. The van der Waals surface area contributed by atoms with Crippen molar-refractivity contribution in [3.8, 4) is 0 Å². The highest BCUT2D eigenvalue weighted by Gasteiger charge is 2.05. The van der Waals surface area contributed by atoms with E-state index in [1.807, 2.05) is 0 Å². The van der Waals surface area contributed by atoms with Crippen molar-refractivity contribution in [3.05, 3.63) is 18.5 Å². The largest absolute Gasteiger partial charge is 0.460 e. The fraction of sp³-hybridized carbons (Fsp3) is 0. The van der Waals surface area contributed by atoms with Gasteiger partial charge >= 0.3 is 0 Å². The summed E-state index contributed by atoms with van der Waals surface area (Å²) in [6.45, 7) is 0. The molecule has 0 atom stereocenters. The lowest BCUT2D eigenvalue weighted by Gasteiger charge is -1.86. The highest BCUT2D eigenvalue weighted by Crippen LogP contribution is 2.21. The van der Waals surface area contributed by atoms with Crippen LogP contribution in [-0.2, 0) is 0 Å². The quantitative estimate of drug-likeness (QED) is 0.520. The molecule has 2 rings (SSSR count). The first kappa shape index (κ1) is 5.22. The molecule has 0 unspecified atom stereocenters. The van der Waals surface area contributed by atoms with Crippen LogP contribution in [0, 0.1) is 0 Å². The molecule has 0 aromatic carbocycles. The molecular weight excluding hydrogens is 130 g/mol. The third kappa shape index (κ3) is 0.452. The van der Waals surface area contributed by atoms with Crippen LogP contribution in [0.2, 0.25) is 0 Å². The summed E-state index contributed by atoms with van der Waals surface area (Å²) in [6.07, 6.45) is 3.18. The Morgan fingerprint density at radius 2 is 2.30 bits per heavy atom. The number of rotatable bonds is 0. The summed E-state index contributed by atoms with van der Waals surface area (Å²) in [5, 5.41) is 0. The number of aromatic nitrogens is 1.